The normalized spacial score (nSPS) is 15.6. The lowest BCUT2D eigenvalue weighted by Crippen LogP contribution is -2.25. The number of aromatic nitrogens is 3. The van der Waals surface area contributed by atoms with E-state index in [0.29, 0.717) is 5.82 Å². The van der Waals surface area contributed by atoms with Crippen LogP contribution >= 0.6 is 11.3 Å². The van der Waals surface area contributed by atoms with Crippen LogP contribution in [0.25, 0.3) is 21.3 Å². The van der Waals surface area contributed by atoms with Crippen LogP contribution in [-0.2, 0) is 4.79 Å². The molecule has 0 unspecified atom stereocenters. The first-order chi connectivity index (χ1) is 11.0. The zero-order valence-electron chi connectivity index (χ0n) is 12.3. The SMILES string of the molecule is Cc1nnc(-c2ccc3cnc(NC(=O)C4(F)CC4)cc3c2)s1. The highest BCUT2D eigenvalue weighted by Crippen LogP contribution is 2.40. The van der Waals surface area contributed by atoms with Gasteiger partial charge in [-0.25, -0.2) is 9.37 Å². The zero-order valence-corrected chi connectivity index (χ0v) is 13.2. The topological polar surface area (TPSA) is 67.8 Å². The minimum atomic E-state index is -1.71. The molecule has 0 saturated heterocycles. The molecule has 1 aromatic carbocycles. The number of nitrogens with zero attached hydrogens (tertiary/aromatic N) is 3. The van der Waals surface area contributed by atoms with Crippen molar-refractivity contribution in [2.75, 3.05) is 5.32 Å². The van der Waals surface area contributed by atoms with Gasteiger partial charge in [0.1, 0.15) is 15.8 Å². The summed E-state index contributed by atoms with van der Waals surface area (Å²) in [6, 6.07) is 7.62. The molecule has 1 amide bonds. The summed E-state index contributed by atoms with van der Waals surface area (Å²) in [6.45, 7) is 1.91. The molecule has 116 valence electrons. The van der Waals surface area contributed by atoms with Gasteiger partial charge in [-0.15, -0.1) is 10.2 Å². The number of hydrogen-bond acceptors (Lipinski definition) is 5. The Morgan fingerprint density at radius 3 is 2.78 bits per heavy atom. The van der Waals surface area contributed by atoms with Crippen molar-refractivity contribution in [2.24, 2.45) is 0 Å². The zero-order chi connectivity index (χ0) is 16.0. The summed E-state index contributed by atoms with van der Waals surface area (Å²) in [5.41, 5.74) is -0.751. The molecule has 2 aromatic heterocycles. The van der Waals surface area contributed by atoms with Crippen LogP contribution in [0.1, 0.15) is 17.8 Å². The second-order valence-electron chi connectivity index (χ2n) is 5.68. The standard InChI is InChI=1S/C16H13FN4OS/c1-9-20-21-14(23-9)10-2-3-11-8-18-13(7-12(11)6-10)19-15(22)16(17)4-5-16/h2-3,6-8H,4-5H2,1H3,(H,18,19,22). The molecule has 0 aliphatic heterocycles. The second-order valence-corrected chi connectivity index (χ2v) is 6.86. The monoisotopic (exact) mass is 328 g/mol. The number of benzene rings is 1. The fourth-order valence-electron chi connectivity index (χ4n) is 2.32. The van der Waals surface area contributed by atoms with Gasteiger partial charge in [0.15, 0.2) is 5.67 Å². The molecule has 5 nitrogen and oxygen atoms in total. The van der Waals surface area contributed by atoms with Gasteiger partial charge in [-0.1, -0.05) is 23.5 Å². The summed E-state index contributed by atoms with van der Waals surface area (Å²) < 4.78 is 13.7. The molecule has 0 atom stereocenters. The molecule has 7 heteroatoms. The minimum absolute atomic E-state index is 0.285. The number of alkyl halides is 1. The smallest absolute Gasteiger partial charge is 0.263 e. The van der Waals surface area contributed by atoms with Gasteiger partial charge >= 0.3 is 0 Å². The number of aryl methyl sites for hydroxylation is 1. The van der Waals surface area contributed by atoms with E-state index < -0.39 is 11.6 Å². The number of fused-ring (bicyclic) bond motifs is 1. The lowest BCUT2D eigenvalue weighted by molar-refractivity contribution is -0.122. The summed E-state index contributed by atoms with van der Waals surface area (Å²) in [4.78, 5) is 16.0. The van der Waals surface area contributed by atoms with Gasteiger partial charge in [-0.3, -0.25) is 4.79 Å². The van der Waals surface area contributed by atoms with Crippen LogP contribution in [0.5, 0.6) is 0 Å². The van der Waals surface area contributed by atoms with Crippen molar-refractivity contribution in [3.63, 3.8) is 0 Å². The first-order valence-corrected chi connectivity index (χ1v) is 8.06. The number of nitrogens with one attached hydrogen (secondary N) is 1. The van der Waals surface area contributed by atoms with Gasteiger partial charge in [-0.05, 0) is 37.3 Å². The highest BCUT2D eigenvalue weighted by atomic mass is 32.1. The van der Waals surface area contributed by atoms with Gasteiger partial charge in [0, 0.05) is 17.1 Å². The van der Waals surface area contributed by atoms with E-state index in [1.54, 1.807) is 12.3 Å². The van der Waals surface area contributed by atoms with Crippen molar-refractivity contribution >= 4 is 33.8 Å². The molecular weight excluding hydrogens is 315 g/mol. The van der Waals surface area contributed by atoms with Crippen molar-refractivity contribution in [2.45, 2.75) is 25.4 Å². The van der Waals surface area contributed by atoms with Crippen LogP contribution in [0, 0.1) is 6.92 Å². The number of rotatable bonds is 3. The van der Waals surface area contributed by atoms with Crippen molar-refractivity contribution in [3.8, 4) is 10.6 Å². The Labute approximate surface area is 135 Å². The van der Waals surface area contributed by atoms with Crippen LogP contribution in [0.4, 0.5) is 10.2 Å². The molecule has 1 saturated carbocycles. The Morgan fingerprint density at radius 2 is 2.09 bits per heavy atom. The molecule has 4 rings (SSSR count). The molecule has 3 aromatic rings. The summed E-state index contributed by atoms with van der Waals surface area (Å²) in [5, 5.41) is 14.3. The number of carbonyl (C=O) groups excluding carboxylic acids is 1. The van der Waals surface area contributed by atoms with Crippen LogP contribution in [-0.4, -0.2) is 26.8 Å². The molecule has 1 aliphatic rings. The summed E-state index contributed by atoms with van der Waals surface area (Å²) >= 11 is 1.52. The second kappa shape index (κ2) is 5.06. The number of carbonyl (C=O) groups is 1. The molecule has 1 aliphatic carbocycles. The molecule has 1 fully saturated rings. The first-order valence-electron chi connectivity index (χ1n) is 7.24. The van der Waals surface area contributed by atoms with Crippen LogP contribution in [0.3, 0.4) is 0 Å². The lowest BCUT2D eigenvalue weighted by Gasteiger charge is -2.08. The molecule has 1 N–H and O–H groups in total. The molecule has 0 spiro atoms. The maximum absolute atomic E-state index is 13.7. The highest BCUT2D eigenvalue weighted by Gasteiger charge is 2.50. The summed E-state index contributed by atoms with van der Waals surface area (Å²) in [6.07, 6.45) is 2.23. The van der Waals surface area contributed by atoms with Gasteiger partial charge in [0.05, 0.1) is 0 Å². The molecule has 2 heterocycles. The number of amides is 1. The average molecular weight is 328 g/mol. The van der Waals surface area contributed by atoms with Crippen molar-refractivity contribution < 1.29 is 9.18 Å². The van der Waals surface area contributed by atoms with Crippen LogP contribution < -0.4 is 5.32 Å². The van der Waals surface area contributed by atoms with E-state index in [-0.39, 0.29) is 12.8 Å². The van der Waals surface area contributed by atoms with Gasteiger partial charge in [0.25, 0.3) is 5.91 Å². The molecular formula is C16H13FN4OS. The third-order valence-electron chi connectivity index (χ3n) is 3.83. The van der Waals surface area contributed by atoms with Gasteiger partial charge in [-0.2, -0.15) is 0 Å². The van der Waals surface area contributed by atoms with Crippen LogP contribution in [0.2, 0.25) is 0 Å². The Morgan fingerprint density at radius 1 is 1.26 bits per heavy atom. The molecule has 0 bridgehead atoms. The van der Waals surface area contributed by atoms with E-state index in [1.165, 1.54) is 11.3 Å². The van der Waals surface area contributed by atoms with E-state index in [4.69, 9.17) is 0 Å². The maximum atomic E-state index is 13.7. The van der Waals surface area contributed by atoms with E-state index >= 15 is 0 Å². The number of hydrogen-bond donors (Lipinski definition) is 1. The fourth-order valence-corrected chi connectivity index (χ4v) is 3.01. The van der Waals surface area contributed by atoms with Gasteiger partial charge < -0.3 is 5.32 Å². The van der Waals surface area contributed by atoms with Crippen molar-refractivity contribution in [1.29, 1.82) is 0 Å². The lowest BCUT2D eigenvalue weighted by atomic mass is 10.1. The quantitative estimate of drug-likeness (QED) is 0.799. The van der Waals surface area contributed by atoms with Crippen LogP contribution in [0.15, 0.2) is 30.5 Å². The Balaban J connectivity index is 1.68. The Hall–Kier alpha value is -2.41. The van der Waals surface area contributed by atoms with E-state index in [1.807, 2.05) is 25.1 Å². The van der Waals surface area contributed by atoms with E-state index in [9.17, 15) is 9.18 Å². The predicted molar refractivity (Wildman–Crippen MR) is 87.1 cm³/mol. The third kappa shape index (κ3) is 2.68. The van der Waals surface area contributed by atoms with Crippen molar-refractivity contribution in [1.82, 2.24) is 15.2 Å². The minimum Gasteiger partial charge on any atom is -0.308 e. The highest BCUT2D eigenvalue weighted by molar-refractivity contribution is 7.14. The van der Waals surface area contributed by atoms with E-state index in [2.05, 4.69) is 20.5 Å². The predicted octanol–water partition coefficient (Wildman–Crippen LogP) is 3.50. The number of pyridine rings is 1. The van der Waals surface area contributed by atoms with E-state index in [0.717, 1.165) is 26.4 Å². The third-order valence-corrected chi connectivity index (χ3v) is 4.72. The summed E-state index contributed by atoms with van der Waals surface area (Å²) in [5.74, 6) is -0.253. The number of anilines is 1. The number of halogens is 1. The Bertz CT molecular complexity index is 919. The molecule has 0 radical (unpaired) electrons. The summed E-state index contributed by atoms with van der Waals surface area (Å²) in [7, 11) is 0. The fraction of sp³-hybridized carbons (Fsp3) is 0.250. The largest absolute Gasteiger partial charge is 0.308 e. The first kappa shape index (κ1) is 14.2. The molecule has 23 heavy (non-hydrogen) atoms. The van der Waals surface area contributed by atoms with Crippen molar-refractivity contribution in [3.05, 3.63) is 35.5 Å². The average Bonchev–Trinajstić information content (AvgIpc) is 3.15. The Kier molecular flexibility index (Phi) is 3.12. The van der Waals surface area contributed by atoms with Gasteiger partial charge in [0.2, 0.25) is 0 Å². The maximum Gasteiger partial charge on any atom is 0.263 e.